The van der Waals surface area contributed by atoms with Gasteiger partial charge < -0.3 is 16.0 Å². The number of unbranched alkanes of at least 4 members (excludes halogenated alkanes) is 3. The van der Waals surface area contributed by atoms with Gasteiger partial charge in [0.15, 0.2) is 17.5 Å². The van der Waals surface area contributed by atoms with Gasteiger partial charge in [-0.05, 0) is 49.9 Å². The summed E-state index contributed by atoms with van der Waals surface area (Å²) in [6.45, 7) is 5.28. The van der Waals surface area contributed by atoms with Crippen LogP contribution in [0.1, 0.15) is 36.8 Å². The first-order chi connectivity index (χ1) is 13.4. The zero-order chi connectivity index (χ0) is 20.3. The molecule has 0 saturated heterocycles. The molecule has 28 heavy (non-hydrogen) atoms. The molecule has 2 aliphatic rings. The van der Waals surface area contributed by atoms with Crippen LogP contribution in [0.5, 0.6) is 0 Å². The summed E-state index contributed by atoms with van der Waals surface area (Å²) in [7, 11) is 0. The maximum absolute atomic E-state index is 12.2. The minimum absolute atomic E-state index is 0.112. The Morgan fingerprint density at radius 1 is 1.07 bits per heavy atom. The van der Waals surface area contributed by atoms with Gasteiger partial charge in [-0.1, -0.05) is 12.8 Å². The van der Waals surface area contributed by atoms with Crippen LogP contribution in [0.25, 0.3) is 22.6 Å². The molecule has 1 aromatic carbocycles. The number of rotatable bonds is 7. The number of nitrogens with one attached hydrogen (secondary N) is 1. The average molecular weight is 383 g/mol. The van der Waals surface area contributed by atoms with Gasteiger partial charge in [-0.25, -0.2) is 9.78 Å². The molecule has 3 rings (SSSR count). The summed E-state index contributed by atoms with van der Waals surface area (Å²) in [5, 5.41) is 0. The van der Waals surface area contributed by atoms with Crippen molar-refractivity contribution in [2.75, 3.05) is 6.54 Å². The molecule has 9 nitrogen and oxygen atoms in total. The molecule has 0 aliphatic carbocycles. The highest BCUT2D eigenvalue weighted by Gasteiger charge is 2.18. The second kappa shape index (κ2) is 8.20. The van der Waals surface area contributed by atoms with Crippen LogP contribution in [-0.2, 0) is 6.54 Å². The molecule has 0 fully saturated rings. The fraction of sp³-hybridized carbons (Fsp3) is 0.421. The largest absolute Gasteiger partial charge is 0.370 e. The summed E-state index contributed by atoms with van der Waals surface area (Å²) < 4.78 is 1.93. The van der Waals surface area contributed by atoms with Crippen LogP contribution in [0.15, 0.2) is 26.7 Å². The number of fused-ring (bicyclic) bond motifs is 2. The number of aromatic amines is 1. The van der Waals surface area contributed by atoms with Crippen molar-refractivity contribution in [1.29, 1.82) is 0 Å². The number of benzene rings is 1. The van der Waals surface area contributed by atoms with Crippen LogP contribution >= 0.6 is 0 Å². The van der Waals surface area contributed by atoms with Crippen LogP contribution in [0.2, 0.25) is 0 Å². The highest BCUT2D eigenvalue weighted by Crippen LogP contribution is 2.24. The molecular formula is C19H25N7O2. The molecule has 0 amide bonds. The third-order valence-corrected chi connectivity index (χ3v) is 4.81. The van der Waals surface area contributed by atoms with Crippen molar-refractivity contribution in [3.05, 3.63) is 44.1 Å². The Morgan fingerprint density at radius 2 is 1.79 bits per heavy atom. The van der Waals surface area contributed by atoms with Crippen LogP contribution in [0, 0.1) is 13.8 Å². The van der Waals surface area contributed by atoms with Crippen molar-refractivity contribution in [3.63, 3.8) is 0 Å². The molecule has 2 aliphatic heterocycles. The summed E-state index contributed by atoms with van der Waals surface area (Å²) in [4.78, 5) is 38.7. The number of H-pyrrole nitrogens is 1. The van der Waals surface area contributed by atoms with E-state index in [2.05, 4.69) is 19.9 Å². The standard InChI is InChI=1S/C19H25N7O2/c1-11-9-13-14(10-12(11)2)26(8-6-4-3-5-7-22-18(20)21)16-15(23-13)17(27)25-19(28)24-16/h9-10H,3-8H2,1-2H3,(H4,20,21,22)(H,25,27,28). The first-order valence-electron chi connectivity index (χ1n) is 9.34. The van der Waals surface area contributed by atoms with Gasteiger partial charge in [0.25, 0.3) is 5.56 Å². The van der Waals surface area contributed by atoms with Gasteiger partial charge in [-0.2, -0.15) is 4.98 Å². The quantitative estimate of drug-likeness (QED) is 0.240. The zero-order valence-corrected chi connectivity index (χ0v) is 16.2. The Balaban J connectivity index is 1.92. The summed E-state index contributed by atoms with van der Waals surface area (Å²) >= 11 is 0. The van der Waals surface area contributed by atoms with E-state index in [-0.39, 0.29) is 11.7 Å². The number of aryl methyl sites for hydroxylation is 3. The molecule has 0 saturated carbocycles. The van der Waals surface area contributed by atoms with Crippen LogP contribution in [0.3, 0.4) is 0 Å². The number of aromatic nitrogens is 4. The molecule has 2 heterocycles. The Hall–Kier alpha value is -3.23. The van der Waals surface area contributed by atoms with E-state index in [0.29, 0.717) is 24.4 Å². The number of hydrogen-bond donors (Lipinski definition) is 3. The molecule has 1 aromatic rings. The SMILES string of the molecule is Cc1cc2nc3c(=O)[nH]c(=O)nc-3n(CCCCCCN=C(N)N)c2cc1C. The second-order valence-electron chi connectivity index (χ2n) is 6.95. The molecule has 0 aromatic heterocycles. The number of guanidine groups is 1. The van der Waals surface area contributed by atoms with Crippen molar-refractivity contribution >= 4 is 17.0 Å². The van der Waals surface area contributed by atoms with Gasteiger partial charge in [0.1, 0.15) is 0 Å². The molecule has 5 N–H and O–H groups in total. The number of hydrogen-bond acceptors (Lipinski definition) is 5. The van der Waals surface area contributed by atoms with Gasteiger partial charge in [0.2, 0.25) is 0 Å². The highest BCUT2D eigenvalue weighted by atomic mass is 16.2. The van der Waals surface area contributed by atoms with Crippen LogP contribution < -0.4 is 22.7 Å². The summed E-state index contributed by atoms with van der Waals surface area (Å²) in [5.41, 5.74) is 13.4. The summed E-state index contributed by atoms with van der Waals surface area (Å²) in [5.74, 6) is 0.436. The second-order valence-corrected chi connectivity index (χ2v) is 6.95. The highest BCUT2D eigenvalue weighted by molar-refractivity contribution is 5.81. The zero-order valence-electron chi connectivity index (χ0n) is 16.2. The minimum Gasteiger partial charge on any atom is -0.370 e. The third kappa shape index (κ3) is 4.19. The molecule has 148 valence electrons. The fourth-order valence-electron chi connectivity index (χ4n) is 3.22. The molecule has 0 radical (unpaired) electrons. The van der Waals surface area contributed by atoms with Crippen molar-refractivity contribution in [3.8, 4) is 11.5 Å². The molecule has 0 unspecified atom stereocenters. The monoisotopic (exact) mass is 383 g/mol. The maximum Gasteiger partial charge on any atom is 0.349 e. The van der Waals surface area contributed by atoms with Gasteiger partial charge in [-0.15, -0.1) is 0 Å². The van der Waals surface area contributed by atoms with Crippen molar-refractivity contribution in [2.45, 2.75) is 46.1 Å². The van der Waals surface area contributed by atoms with Gasteiger partial charge in [0, 0.05) is 13.1 Å². The molecule has 0 atom stereocenters. The first kappa shape index (κ1) is 19.5. The van der Waals surface area contributed by atoms with E-state index in [1.807, 2.05) is 30.5 Å². The lowest BCUT2D eigenvalue weighted by atomic mass is 10.1. The molecule has 0 bridgehead atoms. The lowest BCUT2D eigenvalue weighted by molar-refractivity contribution is 0.580. The summed E-state index contributed by atoms with van der Waals surface area (Å²) in [6.07, 6.45) is 3.73. The van der Waals surface area contributed by atoms with E-state index in [4.69, 9.17) is 11.5 Å². The van der Waals surface area contributed by atoms with Crippen LogP contribution in [-0.4, -0.2) is 32.0 Å². The van der Waals surface area contributed by atoms with Gasteiger partial charge in [-0.3, -0.25) is 14.8 Å². The lowest BCUT2D eigenvalue weighted by Crippen LogP contribution is -2.29. The maximum atomic E-state index is 12.2. The van der Waals surface area contributed by atoms with Gasteiger partial charge in [0.05, 0.1) is 11.0 Å². The van der Waals surface area contributed by atoms with Crippen molar-refractivity contribution in [1.82, 2.24) is 19.5 Å². The van der Waals surface area contributed by atoms with Crippen molar-refractivity contribution in [2.24, 2.45) is 16.5 Å². The first-order valence-corrected chi connectivity index (χ1v) is 9.34. The number of aliphatic imine (C=N–C) groups is 1. The number of nitrogens with two attached hydrogens (primary N) is 2. The van der Waals surface area contributed by atoms with E-state index in [9.17, 15) is 9.59 Å². The minimum atomic E-state index is -0.659. The molecule has 9 heteroatoms. The predicted octanol–water partition coefficient (Wildman–Crippen LogP) is 1.04. The lowest BCUT2D eigenvalue weighted by Gasteiger charge is -2.17. The van der Waals surface area contributed by atoms with E-state index in [1.165, 1.54) is 0 Å². The Bertz CT molecular complexity index is 1110. The Kier molecular flexibility index (Phi) is 5.72. The number of nitrogens with zero attached hydrogens (tertiary/aromatic N) is 4. The Labute approximate surface area is 161 Å². The van der Waals surface area contributed by atoms with E-state index in [1.54, 1.807) is 0 Å². The van der Waals surface area contributed by atoms with Crippen LogP contribution in [0.4, 0.5) is 0 Å². The molecular weight excluding hydrogens is 358 g/mol. The molecule has 0 spiro atoms. The normalized spacial score (nSPS) is 11.2. The third-order valence-electron chi connectivity index (χ3n) is 4.81. The average Bonchev–Trinajstić information content (AvgIpc) is 2.62. The smallest absolute Gasteiger partial charge is 0.349 e. The van der Waals surface area contributed by atoms with E-state index in [0.717, 1.165) is 42.3 Å². The fourth-order valence-corrected chi connectivity index (χ4v) is 3.22. The predicted molar refractivity (Wildman–Crippen MR) is 110 cm³/mol. The van der Waals surface area contributed by atoms with E-state index < -0.39 is 11.2 Å². The topological polar surface area (TPSA) is 145 Å². The van der Waals surface area contributed by atoms with Gasteiger partial charge >= 0.3 is 5.69 Å². The Morgan fingerprint density at radius 3 is 2.54 bits per heavy atom. The summed E-state index contributed by atoms with van der Waals surface area (Å²) in [6, 6.07) is 3.99. The van der Waals surface area contributed by atoms with E-state index >= 15 is 0 Å². The van der Waals surface area contributed by atoms with Crippen molar-refractivity contribution < 1.29 is 0 Å².